The first kappa shape index (κ1) is 18.3. The van der Waals surface area contributed by atoms with Gasteiger partial charge in [-0.2, -0.15) is 0 Å². The molecule has 2 saturated heterocycles. The van der Waals surface area contributed by atoms with E-state index in [2.05, 4.69) is 10.1 Å². The van der Waals surface area contributed by atoms with Crippen molar-refractivity contribution in [1.29, 1.82) is 0 Å². The zero-order valence-electron chi connectivity index (χ0n) is 16.7. The van der Waals surface area contributed by atoms with Crippen molar-refractivity contribution >= 4 is 5.91 Å². The van der Waals surface area contributed by atoms with E-state index in [1.165, 1.54) is 32.5 Å². The van der Waals surface area contributed by atoms with Crippen LogP contribution >= 0.6 is 0 Å². The Morgan fingerprint density at radius 2 is 1.81 bits per heavy atom. The maximum atomic E-state index is 13.1. The molecule has 4 heterocycles. The van der Waals surface area contributed by atoms with Crippen molar-refractivity contribution < 1.29 is 9.32 Å². The van der Waals surface area contributed by atoms with Gasteiger partial charge in [0.25, 0.3) is 5.91 Å². The molecule has 2 fully saturated rings. The zero-order valence-corrected chi connectivity index (χ0v) is 16.7. The summed E-state index contributed by atoms with van der Waals surface area (Å²) in [5.74, 6) is 2.39. The van der Waals surface area contributed by atoms with Gasteiger partial charge in [-0.05, 0) is 71.5 Å². The molecule has 1 amide bonds. The molecule has 0 bridgehead atoms. The van der Waals surface area contributed by atoms with Gasteiger partial charge in [0, 0.05) is 37.1 Å². The minimum atomic E-state index is 0.147. The van der Waals surface area contributed by atoms with Crippen LogP contribution in [0.2, 0.25) is 0 Å². The van der Waals surface area contributed by atoms with Crippen molar-refractivity contribution in [2.45, 2.75) is 46.5 Å². The lowest BCUT2D eigenvalue weighted by Gasteiger charge is -2.34. The van der Waals surface area contributed by atoms with E-state index in [-0.39, 0.29) is 5.91 Å². The molecule has 2 aromatic rings. The molecule has 6 heteroatoms. The second-order valence-corrected chi connectivity index (χ2v) is 8.16. The second-order valence-electron chi connectivity index (χ2n) is 8.16. The fourth-order valence-electron chi connectivity index (χ4n) is 4.61. The van der Waals surface area contributed by atoms with Crippen molar-refractivity contribution in [3.05, 3.63) is 34.8 Å². The van der Waals surface area contributed by atoms with Gasteiger partial charge in [-0.1, -0.05) is 5.16 Å². The summed E-state index contributed by atoms with van der Waals surface area (Å²) in [6.45, 7) is 11.3. The van der Waals surface area contributed by atoms with Gasteiger partial charge >= 0.3 is 0 Å². The Labute approximate surface area is 161 Å². The fourth-order valence-corrected chi connectivity index (χ4v) is 4.61. The quantitative estimate of drug-likeness (QED) is 0.828. The van der Waals surface area contributed by atoms with Gasteiger partial charge in [-0.15, -0.1) is 0 Å². The van der Waals surface area contributed by atoms with E-state index < -0.39 is 0 Å². The Balaban J connectivity index is 1.43. The Bertz CT molecular complexity index is 808. The fraction of sp³-hybridized carbons (Fsp3) is 0.619. The molecule has 2 aliphatic heterocycles. The molecule has 0 spiro atoms. The molecule has 0 unspecified atom stereocenters. The van der Waals surface area contributed by atoms with E-state index in [9.17, 15) is 4.79 Å². The first-order valence-corrected chi connectivity index (χ1v) is 10.2. The topological polar surface area (TPSA) is 54.5 Å². The van der Waals surface area contributed by atoms with E-state index in [0.29, 0.717) is 0 Å². The summed E-state index contributed by atoms with van der Waals surface area (Å²) in [6.07, 6.45) is 4.92. The summed E-state index contributed by atoms with van der Waals surface area (Å²) < 4.78 is 7.21. The van der Waals surface area contributed by atoms with Gasteiger partial charge < -0.3 is 14.3 Å². The third-order valence-corrected chi connectivity index (χ3v) is 6.12. The Morgan fingerprint density at radius 1 is 1.11 bits per heavy atom. The predicted molar refractivity (Wildman–Crippen MR) is 104 cm³/mol. The van der Waals surface area contributed by atoms with Gasteiger partial charge in [0.2, 0.25) is 0 Å². The molecule has 0 saturated carbocycles. The SMILES string of the molecule is Cc1cc(-n2c(C)cc(C(=O)N3CCC(CN4CCCC4)CC3)c2C)no1. The summed E-state index contributed by atoms with van der Waals surface area (Å²) >= 11 is 0. The number of rotatable bonds is 4. The maximum absolute atomic E-state index is 13.1. The molecule has 27 heavy (non-hydrogen) atoms. The average molecular weight is 370 g/mol. The highest BCUT2D eigenvalue weighted by atomic mass is 16.5. The van der Waals surface area contributed by atoms with Crippen LogP contribution in [0.5, 0.6) is 0 Å². The molecule has 0 atom stereocenters. The molecule has 4 rings (SSSR count). The molecular formula is C21H30N4O2. The van der Waals surface area contributed by atoms with Gasteiger partial charge in [-0.3, -0.25) is 9.36 Å². The molecular weight excluding hydrogens is 340 g/mol. The number of aromatic nitrogens is 2. The number of hydrogen-bond acceptors (Lipinski definition) is 4. The highest BCUT2D eigenvalue weighted by molar-refractivity contribution is 5.96. The number of aryl methyl sites for hydroxylation is 2. The number of amides is 1. The van der Waals surface area contributed by atoms with Crippen LogP contribution in [0.1, 0.15) is 53.2 Å². The molecule has 6 nitrogen and oxygen atoms in total. The van der Waals surface area contributed by atoms with Crippen molar-refractivity contribution in [3.8, 4) is 5.82 Å². The molecule has 2 aliphatic rings. The molecule has 0 aliphatic carbocycles. The summed E-state index contributed by atoms with van der Waals surface area (Å²) in [5.41, 5.74) is 2.73. The smallest absolute Gasteiger partial charge is 0.255 e. The van der Waals surface area contributed by atoms with Gasteiger partial charge in [0.15, 0.2) is 5.82 Å². The first-order chi connectivity index (χ1) is 13.0. The highest BCUT2D eigenvalue weighted by Crippen LogP contribution is 2.25. The van der Waals surface area contributed by atoms with E-state index in [4.69, 9.17) is 4.52 Å². The number of carbonyl (C=O) groups excluding carboxylic acids is 1. The summed E-state index contributed by atoms with van der Waals surface area (Å²) in [5, 5.41) is 4.11. The Morgan fingerprint density at radius 3 is 2.44 bits per heavy atom. The first-order valence-electron chi connectivity index (χ1n) is 10.2. The third kappa shape index (κ3) is 3.68. The number of hydrogen-bond donors (Lipinski definition) is 0. The summed E-state index contributed by atoms with van der Waals surface area (Å²) in [4.78, 5) is 17.8. The molecule has 2 aromatic heterocycles. The van der Waals surface area contributed by atoms with Crippen LogP contribution in [0, 0.1) is 26.7 Å². The van der Waals surface area contributed by atoms with Crippen molar-refractivity contribution in [3.63, 3.8) is 0 Å². The standard InChI is InChI=1S/C21H30N4O2/c1-15-12-19(17(3)25(15)20-13-16(2)27-22-20)21(26)24-10-6-18(7-11-24)14-23-8-4-5-9-23/h12-13,18H,4-11,14H2,1-3H3. The number of likely N-dealkylation sites (tertiary alicyclic amines) is 2. The molecule has 146 valence electrons. The zero-order chi connectivity index (χ0) is 19.0. The summed E-state index contributed by atoms with van der Waals surface area (Å²) in [6, 6.07) is 3.89. The second kappa shape index (κ2) is 7.50. The molecule has 0 N–H and O–H groups in total. The number of piperidine rings is 1. The van der Waals surface area contributed by atoms with Gasteiger partial charge in [0.05, 0.1) is 5.56 Å². The van der Waals surface area contributed by atoms with Crippen LogP contribution in [0.3, 0.4) is 0 Å². The minimum absolute atomic E-state index is 0.147. The monoisotopic (exact) mass is 370 g/mol. The van der Waals surface area contributed by atoms with Gasteiger partial charge in [0.1, 0.15) is 5.76 Å². The lowest BCUT2D eigenvalue weighted by Crippen LogP contribution is -2.41. The number of nitrogens with zero attached hydrogens (tertiary/aromatic N) is 4. The van der Waals surface area contributed by atoms with Crippen LogP contribution in [0.4, 0.5) is 0 Å². The lowest BCUT2D eigenvalue weighted by atomic mass is 9.95. The van der Waals surface area contributed by atoms with Crippen LogP contribution in [-0.4, -0.2) is 58.2 Å². The van der Waals surface area contributed by atoms with Crippen LogP contribution < -0.4 is 0 Å². The van der Waals surface area contributed by atoms with Crippen LogP contribution in [0.15, 0.2) is 16.7 Å². The van der Waals surface area contributed by atoms with Crippen LogP contribution in [0.25, 0.3) is 5.82 Å². The van der Waals surface area contributed by atoms with Crippen molar-refractivity contribution in [2.24, 2.45) is 5.92 Å². The van der Waals surface area contributed by atoms with E-state index in [1.54, 1.807) is 0 Å². The minimum Gasteiger partial charge on any atom is -0.360 e. The van der Waals surface area contributed by atoms with E-state index >= 15 is 0 Å². The van der Waals surface area contributed by atoms with E-state index in [1.807, 2.05) is 42.4 Å². The van der Waals surface area contributed by atoms with Crippen LogP contribution in [-0.2, 0) is 0 Å². The third-order valence-electron chi connectivity index (χ3n) is 6.12. The van der Waals surface area contributed by atoms with E-state index in [0.717, 1.165) is 60.4 Å². The largest absolute Gasteiger partial charge is 0.360 e. The van der Waals surface area contributed by atoms with Crippen molar-refractivity contribution in [2.75, 3.05) is 32.7 Å². The molecule has 0 aromatic carbocycles. The Kier molecular flexibility index (Phi) is 5.08. The number of carbonyl (C=O) groups is 1. The van der Waals surface area contributed by atoms with Gasteiger partial charge in [-0.25, -0.2) is 0 Å². The highest BCUT2D eigenvalue weighted by Gasteiger charge is 2.28. The Hall–Kier alpha value is -2.08. The average Bonchev–Trinajstić information content (AvgIpc) is 3.37. The molecule has 0 radical (unpaired) electrons. The predicted octanol–water partition coefficient (Wildman–Crippen LogP) is 3.34. The van der Waals surface area contributed by atoms with Crippen molar-refractivity contribution in [1.82, 2.24) is 19.5 Å². The maximum Gasteiger partial charge on any atom is 0.255 e. The normalized spacial score (nSPS) is 19.1. The lowest BCUT2D eigenvalue weighted by molar-refractivity contribution is 0.0672. The summed E-state index contributed by atoms with van der Waals surface area (Å²) in [7, 11) is 0.